The largest absolute Gasteiger partial charge is 0.578 e. The molecule has 19 nitrogen and oxygen atoms in total. The van der Waals surface area contributed by atoms with E-state index in [2.05, 4.69) is 0 Å². The molecule has 488 valence electrons. The van der Waals surface area contributed by atoms with Crippen LogP contribution in [0.4, 0.5) is 77.5 Å². The van der Waals surface area contributed by atoms with Gasteiger partial charge in [-0.25, -0.2) is 26.3 Å². The average Bonchev–Trinajstić information content (AvgIpc) is 0.763. The van der Waals surface area contributed by atoms with E-state index < -0.39 is 97.7 Å². The number of benzene rings is 6. The first-order valence-corrected chi connectivity index (χ1v) is 31.4. The Morgan fingerprint density at radius 3 is 0.863 bits per heavy atom. The summed E-state index contributed by atoms with van der Waals surface area (Å²) in [7, 11) is -5.10. The molecule has 9 aromatic rings. The van der Waals surface area contributed by atoms with Crippen LogP contribution in [0.3, 0.4) is 0 Å². The second-order valence-corrected chi connectivity index (χ2v) is 25.4. The SMILES string of the molecule is Cc1cc(F)ccc1N1CN(c2ccc(=O)n(CO[P+](O)(OCn3c(C)c(N4CN(c5ccc(F)cc5C)c5cc(Cl)c(F)cc5C4=O)ccc3=O)OCn3c(C)c(N4CN(c5ccc(F)cc5C)c5cc(Cl)c(F)cc5C4=O)ccc3=O)c2C)C(=O)c2cc(F)c(Cl)cc21. The fourth-order valence-electron chi connectivity index (χ4n) is 11.8. The van der Waals surface area contributed by atoms with E-state index >= 15 is 13.2 Å². The predicted octanol–water partition coefficient (Wildman–Crippen LogP) is 14.1. The second kappa shape index (κ2) is 25.4. The van der Waals surface area contributed by atoms with E-state index in [-0.39, 0.29) is 103 Å². The maximum Gasteiger partial charge on any atom is 0.578 e. The lowest BCUT2D eigenvalue weighted by Crippen LogP contribution is -2.46. The molecule has 0 unspecified atom stereocenters. The minimum Gasteiger partial charge on any atom is -0.322 e. The molecule has 3 aliphatic rings. The van der Waals surface area contributed by atoms with Crippen molar-refractivity contribution in [1.29, 1.82) is 0 Å². The summed E-state index contributed by atoms with van der Waals surface area (Å²) in [6, 6.07) is 25.7. The number of carbonyl (C=O) groups is 3. The average molecular weight is 1380 g/mol. The van der Waals surface area contributed by atoms with Crippen LogP contribution < -0.4 is 46.1 Å². The first-order valence-electron chi connectivity index (χ1n) is 28.8. The van der Waals surface area contributed by atoms with Gasteiger partial charge in [0.25, 0.3) is 34.4 Å². The lowest BCUT2D eigenvalue weighted by atomic mass is 10.0. The first kappa shape index (κ1) is 65.7. The first-order chi connectivity index (χ1) is 45.1. The number of carbonyl (C=O) groups excluding carboxylic acids is 3. The zero-order valence-corrected chi connectivity index (χ0v) is 54.0. The third kappa shape index (κ3) is 12.1. The molecule has 6 aromatic carbocycles. The molecule has 29 heteroatoms. The molecule has 0 saturated carbocycles. The molecule has 0 fully saturated rings. The quantitative estimate of drug-likeness (QED) is 0.0756. The number of aromatic nitrogens is 3. The smallest absolute Gasteiger partial charge is 0.322 e. The molecule has 1 N–H and O–H groups in total. The summed E-state index contributed by atoms with van der Waals surface area (Å²) in [6.45, 7) is 5.47. The monoisotopic (exact) mass is 1380 g/mol. The van der Waals surface area contributed by atoms with Gasteiger partial charge in [-0.3, -0.25) is 57.2 Å². The summed E-state index contributed by atoms with van der Waals surface area (Å²) in [5, 5.41) is -0.898. The third-order valence-corrected chi connectivity index (χ3v) is 19.0. The summed E-state index contributed by atoms with van der Waals surface area (Å²) in [6.07, 6.45) is 0. The van der Waals surface area contributed by atoms with Crippen LogP contribution in [-0.4, -0.2) is 56.3 Å². The van der Waals surface area contributed by atoms with E-state index in [1.165, 1.54) is 126 Å². The van der Waals surface area contributed by atoms with Gasteiger partial charge in [0.05, 0.1) is 65.9 Å². The number of rotatable bonds is 15. The molecule has 0 saturated heterocycles. The van der Waals surface area contributed by atoms with Crippen LogP contribution in [0.15, 0.2) is 142 Å². The zero-order valence-electron chi connectivity index (χ0n) is 50.9. The van der Waals surface area contributed by atoms with Crippen molar-refractivity contribution < 1.29 is 59.2 Å². The van der Waals surface area contributed by atoms with E-state index in [0.29, 0.717) is 33.8 Å². The number of nitrogens with zero attached hydrogens (tertiary/aromatic N) is 9. The number of hydrogen-bond donors (Lipinski definition) is 1. The van der Waals surface area contributed by atoms with Gasteiger partial charge in [0.1, 0.15) is 54.9 Å². The van der Waals surface area contributed by atoms with Crippen LogP contribution in [0, 0.1) is 76.4 Å². The van der Waals surface area contributed by atoms with Crippen molar-refractivity contribution in [2.45, 2.75) is 61.7 Å². The van der Waals surface area contributed by atoms with Gasteiger partial charge in [-0.05, 0) is 167 Å². The normalized spacial score (nSPS) is 14.1. The van der Waals surface area contributed by atoms with Crippen LogP contribution in [-0.2, 0) is 33.8 Å². The number of aryl methyl sites for hydroxylation is 3. The Morgan fingerprint density at radius 2 is 0.611 bits per heavy atom. The molecule has 0 radical (unpaired) electrons. The Labute approximate surface area is 552 Å². The lowest BCUT2D eigenvalue weighted by molar-refractivity contribution is 0.0235. The number of hydrogen-bond acceptors (Lipinski definition) is 13. The standard InChI is InChI=1S/C66H52Cl3F6N9O10P/c1-34-19-40(70)7-10-52(34)76-28-79(64(88)43-22-49(73)46(67)25-58(43)76)55-13-16-61(85)82(37(55)4)31-92-95(91,93-32-83-38(5)56(14-17-62(83)86)80-29-77(53-11-8-41(71)20-35(53)2)59-26-47(68)50(74)23-44(59)65(80)89)94-33-84-39(6)57(15-18-63(84)87)81-30-78(54-12-9-42(72)21-36(54)3)60-27-48(69)51(75)24-45(60)66(81)90/h7-27,91H,28-33H2,1-6H3/q+1. The van der Waals surface area contributed by atoms with E-state index in [0.717, 1.165) is 50.1 Å². The Kier molecular flexibility index (Phi) is 17.6. The molecular formula is C66H52Cl3F6N9O10P+. The molecular weight excluding hydrogens is 1330 g/mol. The lowest BCUT2D eigenvalue weighted by Gasteiger charge is -2.39. The maximum absolute atomic E-state index is 15.3. The van der Waals surface area contributed by atoms with Crippen molar-refractivity contribution >= 4 is 112 Å². The summed E-state index contributed by atoms with van der Waals surface area (Å²) in [4.78, 5) is 107. The molecule has 3 amide bonds. The molecule has 0 bridgehead atoms. The predicted molar refractivity (Wildman–Crippen MR) is 348 cm³/mol. The molecule has 0 atom stereocenters. The van der Waals surface area contributed by atoms with Gasteiger partial charge >= 0.3 is 8.17 Å². The number of pyridine rings is 3. The highest BCUT2D eigenvalue weighted by Crippen LogP contribution is 2.59. The van der Waals surface area contributed by atoms with Gasteiger partial charge < -0.3 is 14.7 Å². The second-order valence-electron chi connectivity index (χ2n) is 22.5. The van der Waals surface area contributed by atoms with Crippen LogP contribution in [0.25, 0.3) is 0 Å². The minimum absolute atomic E-state index is 0.0187. The Bertz CT molecular complexity index is 4460. The summed E-state index contributed by atoms with van der Waals surface area (Å²) in [5.41, 5.74) is 0.607. The van der Waals surface area contributed by atoms with E-state index in [9.17, 15) is 46.8 Å². The topological polar surface area (TPSA) is 185 Å². The van der Waals surface area contributed by atoms with Gasteiger partial charge in [0.15, 0.2) is 20.2 Å². The van der Waals surface area contributed by atoms with E-state index in [1.807, 2.05) is 0 Å². The minimum atomic E-state index is -5.10. The van der Waals surface area contributed by atoms with E-state index in [1.54, 1.807) is 35.5 Å². The molecule has 3 aliphatic heterocycles. The van der Waals surface area contributed by atoms with Gasteiger partial charge in [-0.1, -0.05) is 34.8 Å². The Morgan fingerprint density at radius 1 is 0.358 bits per heavy atom. The van der Waals surface area contributed by atoms with Crippen LogP contribution in [0.1, 0.15) is 64.8 Å². The van der Waals surface area contributed by atoms with Crippen LogP contribution in [0.2, 0.25) is 15.1 Å². The molecule has 95 heavy (non-hydrogen) atoms. The van der Waals surface area contributed by atoms with Crippen molar-refractivity contribution in [2.24, 2.45) is 0 Å². The fourth-order valence-corrected chi connectivity index (χ4v) is 13.3. The number of amides is 3. The Balaban J connectivity index is 0.909. The van der Waals surface area contributed by atoms with Crippen molar-refractivity contribution in [2.75, 3.05) is 49.4 Å². The van der Waals surface area contributed by atoms with Crippen LogP contribution in [0.5, 0.6) is 0 Å². The summed E-state index contributed by atoms with van der Waals surface area (Å²) < 4.78 is 111. The molecule has 0 spiro atoms. The number of anilines is 9. The highest BCUT2D eigenvalue weighted by molar-refractivity contribution is 7.55. The molecule has 3 aromatic heterocycles. The van der Waals surface area contributed by atoms with Crippen molar-refractivity contribution in [3.05, 3.63) is 259 Å². The molecule has 12 rings (SSSR count). The molecule has 0 aliphatic carbocycles. The van der Waals surface area contributed by atoms with Crippen molar-refractivity contribution in [3.8, 4) is 0 Å². The van der Waals surface area contributed by atoms with Crippen molar-refractivity contribution in [3.63, 3.8) is 0 Å². The zero-order chi connectivity index (χ0) is 68.0. The van der Waals surface area contributed by atoms with Crippen LogP contribution >= 0.6 is 43.0 Å². The van der Waals surface area contributed by atoms with E-state index in [4.69, 9.17) is 48.4 Å². The Hall–Kier alpha value is -9.30. The number of fused-ring (bicyclic) bond motifs is 3. The van der Waals surface area contributed by atoms with Gasteiger partial charge in [-0.15, -0.1) is 13.6 Å². The maximum atomic E-state index is 15.3. The molecule has 6 heterocycles. The van der Waals surface area contributed by atoms with Gasteiger partial charge in [0, 0.05) is 52.3 Å². The summed E-state index contributed by atoms with van der Waals surface area (Å²) in [5.74, 6) is -6.62. The van der Waals surface area contributed by atoms with Gasteiger partial charge in [-0.2, -0.15) is 4.89 Å². The highest BCUT2D eigenvalue weighted by Gasteiger charge is 2.47. The van der Waals surface area contributed by atoms with Crippen molar-refractivity contribution in [1.82, 2.24) is 13.7 Å². The van der Waals surface area contributed by atoms with Gasteiger partial charge in [0.2, 0.25) is 0 Å². The summed E-state index contributed by atoms with van der Waals surface area (Å²) >= 11 is 18.8. The highest BCUT2D eigenvalue weighted by atomic mass is 35.5. The number of halogens is 9. The third-order valence-electron chi connectivity index (χ3n) is 16.8. The fraction of sp³-hybridized carbons (Fsp3) is 0.182.